The second-order valence-electron chi connectivity index (χ2n) is 12.3. The van der Waals surface area contributed by atoms with Gasteiger partial charge >= 0.3 is 7.60 Å². The quantitative estimate of drug-likeness (QED) is 0.273. The predicted octanol–water partition coefficient (Wildman–Crippen LogP) is 4.13. The molecule has 4 N–H and O–H groups in total. The van der Waals surface area contributed by atoms with Crippen molar-refractivity contribution < 1.29 is 37.5 Å². The Morgan fingerprint density at radius 1 is 1.09 bits per heavy atom. The van der Waals surface area contributed by atoms with Gasteiger partial charge in [0, 0.05) is 23.5 Å². The Bertz CT molecular complexity index is 1700. The van der Waals surface area contributed by atoms with Crippen LogP contribution in [0, 0.1) is 6.92 Å². The average molecular weight is 676 g/mol. The number of benzene rings is 1. The first-order valence-electron chi connectivity index (χ1n) is 15.4. The van der Waals surface area contributed by atoms with Crippen LogP contribution in [0.4, 0.5) is 14.6 Å². The van der Waals surface area contributed by atoms with E-state index in [1.54, 1.807) is 11.1 Å². The Hall–Kier alpha value is -3.45. The molecule has 2 aromatic heterocycles. The molecular weight excluding hydrogens is 639 g/mol. The lowest BCUT2D eigenvalue weighted by Gasteiger charge is -2.35. The third-order valence-electron chi connectivity index (χ3n) is 9.14. The Morgan fingerprint density at radius 3 is 2.63 bits per heavy atom. The minimum absolute atomic E-state index is 0.101. The Kier molecular flexibility index (Phi) is 9.17. The third kappa shape index (κ3) is 6.53. The Labute approximate surface area is 268 Å². The molecule has 3 aliphatic heterocycles. The fourth-order valence-electron chi connectivity index (χ4n) is 6.83. The summed E-state index contributed by atoms with van der Waals surface area (Å²) in [7, 11) is -4.99. The smallest absolute Gasteiger partial charge is 0.351 e. The summed E-state index contributed by atoms with van der Waals surface area (Å²) in [5, 5.41) is 6.14. The lowest BCUT2D eigenvalue weighted by atomic mass is 9.99. The van der Waals surface area contributed by atoms with Gasteiger partial charge in [-0.05, 0) is 73.4 Å². The Morgan fingerprint density at radius 2 is 1.87 bits per heavy atom. The summed E-state index contributed by atoms with van der Waals surface area (Å²) in [4.78, 5) is 67.3. The van der Waals surface area contributed by atoms with E-state index in [1.807, 2.05) is 24.0 Å². The van der Waals surface area contributed by atoms with Gasteiger partial charge in [0.1, 0.15) is 24.1 Å². The van der Waals surface area contributed by atoms with Gasteiger partial charge in [0.15, 0.2) is 0 Å². The highest BCUT2D eigenvalue weighted by molar-refractivity contribution is 7.51. The fraction of sp³-hybridized carbons (Fsp3) is 0.484. The second kappa shape index (κ2) is 13.0. The number of alkyl halides is 2. The van der Waals surface area contributed by atoms with E-state index in [9.17, 15) is 33.1 Å². The molecule has 1 aromatic carbocycles. The first-order chi connectivity index (χ1) is 21.9. The van der Waals surface area contributed by atoms with Crippen molar-refractivity contribution in [1.29, 1.82) is 0 Å². The number of thiophene rings is 1. The summed E-state index contributed by atoms with van der Waals surface area (Å²) in [5.74, 6) is -3.08. The van der Waals surface area contributed by atoms with E-state index >= 15 is 4.39 Å². The van der Waals surface area contributed by atoms with E-state index in [0.29, 0.717) is 41.6 Å². The van der Waals surface area contributed by atoms with Gasteiger partial charge in [-0.3, -0.25) is 18.9 Å². The number of halogens is 2. The number of pyridine rings is 1. The number of amides is 3. The number of fused-ring (bicyclic) bond motifs is 2. The number of hydrogen-bond acceptors (Lipinski definition) is 7. The van der Waals surface area contributed by atoms with E-state index in [-0.39, 0.29) is 35.5 Å². The number of aryl methyl sites for hydroxylation is 1. The topological polar surface area (TPSA) is 152 Å². The molecule has 1 unspecified atom stereocenters. The van der Waals surface area contributed by atoms with Crippen LogP contribution >= 0.6 is 18.9 Å². The summed E-state index contributed by atoms with van der Waals surface area (Å²) < 4.78 is 41.4. The fourth-order valence-corrected chi connectivity index (χ4v) is 8.32. The largest absolute Gasteiger partial charge is 0.363 e. The van der Waals surface area contributed by atoms with Crippen molar-refractivity contribution in [3.63, 3.8) is 0 Å². The molecule has 3 aromatic rings. The van der Waals surface area contributed by atoms with Crippen LogP contribution in [0.3, 0.4) is 0 Å². The third-order valence-corrected chi connectivity index (χ3v) is 11.1. The molecule has 6 rings (SSSR count). The highest BCUT2D eigenvalue weighted by Crippen LogP contribution is 2.53. The molecule has 5 heterocycles. The molecular formula is C31H36F2N5O6PS. The zero-order valence-electron chi connectivity index (χ0n) is 25.1. The SMILES string of the molecule is Cc1cccnc1N1C[C@H](NC(=O)[C@@H]2CC[C@@H]3CCCC[C@H](NC(=O)c4cc5cc(C(F)P(=O)(O)O)ccc5s4)C(=O)N32)[C@@H](F)C1. The first kappa shape index (κ1) is 32.5. The number of anilines is 1. The van der Waals surface area contributed by atoms with Gasteiger partial charge in [0.25, 0.3) is 5.91 Å². The molecule has 3 amide bonds. The van der Waals surface area contributed by atoms with Gasteiger partial charge in [-0.25, -0.2) is 13.8 Å². The normalized spacial score (nSPS) is 26.0. The zero-order chi connectivity index (χ0) is 32.7. The number of aromatic nitrogens is 1. The molecule has 246 valence electrons. The molecule has 0 bridgehead atoms. The summed E-state index contributed by atoms with van der Waals surface area (Å²) in [5.41, 5.74) is 0.717. The molecule has 3 saturated heterocycles. The minimum atomic E-state index is -4.99. The van der Waals surface area contributed by atoms with Crippen LogP contribution in [0.2, 0.25) is 0 Å². The van der Waals surface area contributed by atoms with Crippen LogP contribution in [-0.4, -0.2) is 80.8 Å². The monoisotopic (exact) mass is 675 g/mol. The number of nitrogens with zero attached hydrogens (tertiary/aromatic N) is 3. The van der Waals surface area contributed by atoms with Crippen molar-refractivity contribution in [2.75, 3.05) is 18.0 Å². The van der Waals surface area contributed by atoms with E-state index in [1.165, 1.54) is 24.3 Å². The number of carbonyl (C=O) groups excluding carboxylic acids is 3. The zero-order valence-corrected chi connectivity index (χ0v) is 26.9. The molecule has 3 fully saturated rings. The number of hydrogen-bond donors (Lipinski definition) is 4. The van der Waals surface area contributed by atoms with Crippen LogP contribution < -0.4 is 15.5 Å². The lowest BCUT2D eigenvalue weighted by molar-refractivity contribution is -0.143. The maximum absolute atomic E-state index is 15.1. The van der Waals surface area contributed by atoms with Crippen molar-refractivity contribution in [2.24, 2.45) is 0 Å². The molecule has 0 aliphatic carbocycles. The average Bonchev–Trinajstić information content (AvgIpc) is 3.73. The first-order valence-corrected chi connectivity index (χ1v) is 17.9. The summed E-state index contributed by atoms with van der Waals surface area (Å²) in [6, 6.07) is 6.71. The predicted molar refractivity (Wildman–Crippen MR) is 169 cm³/mol. The molecule has 46 heavy (non-hydrogen) atoms. The van der Waals surface area contributed by atoms with E-state index in [2.05, 4.69) is 15.6 Å². The summed E-state index contributed by atoms with van der Waals surface area (Å²) in [6.07, 6.45) is 4.07. The van der Waals surface area contributed by atoms with Crippen LogP contribution in [0.25, 0.3) is 10.1 Å². The maximum atomic E-state index is 15.1. The summed E-state index contributed by atoms with van der Waals surface area (Å²) >= 11 is 1.11. The number of rotatable bonds is 7. The van der Waals surface area contributed by atoms with E-state index < -0.39 is 49.6 Å². The Balaban J connectivity index is 1.14. The minimum Gasteiger partial charge on any atom is -0.351 e. The van der Waals surface area contributed by atoms with Crippen molar-refractivity contribution in [3.8, 4) is 0 Å². The highest BCUT2D eigenvalue weighted by Gasteiger charge is 2.45. The molecule has 0 spiro atoms. The van der Waals surface area contributed by atoms with Crippen molar-refractivity contribution in [3.05, 3.63) is 58.6 Å². The van der Waals surface area contributed by atoms with E-state index in [4.69, 9.17) is 0 Å². The van der Waals surface area contributed by atoms with Crippen molar-refractivity contribution >= 4 is 52.6 Å². The standard InChI is InChI=1S/C31H36F2N5O6PS/c1-17-5-4-12-34-28(17)37-15-21(32)23(16-37)36-29(39)24-10-9-20-6-2-3-7-22(31(41)38(20)24)35-30(40)26-14-19-13-18(8-11-25(19)46-26)27(33)45(42,43)44/h4-5,8,11-14,20-24,27H,2-3,6-7,9-10,15-16H2,1H3,(H,35,40)(H,36,39)(H2,42,43,44)/t20-,21-,22-,23-,24-,27?/m0/s1. The van der Waals surface area contributed by atoms with Gasteiger partial charge < -0.3 is 30.2 Å². The van der Waals surface area contributed by atoms with Crippen LogP contribution in [0.1, 0.15) is 65.2 Å². The lowest BCUT2D eigenvalue weighted by Crippen LogP contribution is -2.57. The molecule has 15 heteroatoms. The molecule has 0 saturated carbocycles. The molecule has 6 atom stereocenters. The molecule has 0 radical (unpaired) electrons. The molecule has 11 nitrogen and oxygen atoms in total. The maximum Gasteiger partial charge on any atom is 0.363 e. The van der Waals surface area contributed by atoms with Gasteiger partial charge in [-0.15, -0.1) is 11.3 Å². The van der Waals surface area contributed by atoms with Crippen molar-refractivity contribution in [2.45, 2.75) is 81.7 Å². The van der Waals surface area contributed by atoms with E-state index in [0.717, 1.165) is 29.7 Å². The van der Waals surface area contributed by atoms with Gasteiger partial charge in [0.2, 0.25) is 17.7 Å². The van der Waals surface area contributed by atoms with Crippen LogP contribution in [0.5, 0.6) is 0 Å². The van der Waals surface area contributed by atoms with Crippen molar-refractivity contribution in [1.82, 2.24) is 20.5 Å². The van der Waals surface area contributed by atoms with Gasteiger partial charge in [0.05, 0.1) is 17.5 Å². The summed E-state index contributed by atoms with van der Waals surface area (Å²) in [6.45, 7) is 2.26. The van der Waals surface area contributed by atoms with Gasteiger partial charge in [-0.2, -0.15) is 0 Å². The highest BCUT2D eigenvalue weighted by atomic mass is 32.1. The molecule has 3 aliphatic rings. The van der Waals surface area contributed by atoms with Gasteiger partial charge in [-0.1, -0.05) is 25.0 Å². The number of carbonyl (C=O) groups is 3. The van der Waals surface area contributed by atoms with Crippen LogP contribution in [-0.2, 0) is 14.2 Å². The number of nitrogens with one attached hydrogen (secondary N) is 2. The van der Waals surface area contributed by atoms with Crippen LogP contribution in [0.15, 0.2) is 42.6 Å². The second-order valence-corrected chi connectivity index (χ2v) is 15.0.